The predicted octanol–water partition coefficient (Wildman–Crippen LogP) is 3.52. The largest absolute Gasteiger partial charge is 0.377 e. The lowest BCUT2D eigenvalue weighted by Gasteiger charge is -2.09. The summed E-state index contributed by atoms with van der Waals surface area (Å²) in [4.78, 5) is 0. The van der Waals surface area contributed by atoms with E-state index in [2.05, 4.69) is 41.0 Å². The number of nitrogens with two attached hydrogens (primary N) is 1. The van der Waals surface area contributed by atoms with Gasteiger partial charge in [-0.2, -0.15) is 5.10 Å². The van der Waals surface area contributed by atoms with Gasteiger partial charge in [-0.05, 0) is 36.8 Å². The SMILES string of the molecule is C=CCc1cccc(COCCCCC2=NN=C(N)SC2)c1. The normalized spacial score (nSPS) is 14.4. The van der Waals surface area contributed by atoms with Gasteiger partial charge in [-0.3, -0.25) is 0 Å². The highest BCUT2D eigenvalue weighted by atomic mass is 32.2. The van der Waals surface area contributed by atoms with Crippen molar-refractivity contribution in [3.8, 4) is 0 Å². The molecule has 0 aromatic heterocycles. The number of thioether (sulfide) groups is 1. The molecule has 1 aromatic rings. The fourth-order valence-corrected chi connectivity index (χ4v) is 2.81. The van der Waals surface area contributed by atoms with Crippen molar-refractivity contribution in [2.45, 2.75) is 32.3 Å². The molecule has 2 N–H and O–H groups in total. The molecule has 1 aliphatic heterocycles. The Kier molecular flexibility index (Phi) is 7.19. The Morgan fingerprint density at radius 1 is 1.27 bits per heavy atom. The van der Waals surface area contributed by atoms with Gasteiger partial charge in [-0.25, -0.2) is 0 Å². The lowest BCUT2D eigenvalue weighted by Crippen LogP contribution is -2.15. The van der Waals surface area contributed by atoms with Crippen molar-refractivity contribution in [3.63, 3.8) is 0 Å². The molecule has 0 aliphatic carbocycles. The van der Waals surface area contributed by atoms with Crippen molar-refractivity contribution in [2.24, 2.45) is 15.9 Å². The highest BCUT2D eigenvalue weighted by Crippen LogP contribution is 2.12. The zero-order valence-corrected chi connectivity index (χ0v) is 13.6. The van der Waals surface area contributed by atoms with Gasteiger partial charge in [0.25, 0.3) is 0 Å². The number of rotatable bonds is 9. The van der Waals surface area contributed by atoms with E-state index in [1.54, 1.807) is 11.8 Å². The number of nitrogens with zero attached hydrogens (tertiary/aromatic N) is 2. The lowest BCUT2D eigenvalue weighted by molar-refractivity contribution is 0.117. The fourth-order valence-electron chi connectivity index (χ4n) is 2.19. The van der Waals surface area contributed by atoms with Crippen molar-refractivity contribution in [2.75, 3.05) is 12.4 Å². The maximum atomic E-state index is 5.74. The minimum atomic E-state index is 0.561. The second kappa shape index (κ2) is 9.43. The molecule has 0 amide bonds. The second-order valence-electron chi connectivity index (χ2n) is 5.22. The molecule has 118 valence electrons. The molecule has 0 radical (unpaired) electrons. The number of benzene rings is 1. The van der Waals surface area contributed by atoms with Crippen LogP contribution in [0.4, 0.5) is 0 Å². The van der Waals surface area contributed by atoms with Crippen LogP contribution in [0.25, 0.3) is 0 Å². The van der Waals surface area contributed by atoms with Crippen LogP contribution in [0.15, 0.2) is 47.1 Å². The van der Waals surface area contributed by atoms with E-state index in [9.17, 15) is 0 Å². The topological polar surface area (TPSA) is 60.0 Å². The van der Waals surface area contributed by atoms with Crippen LogP contribution >= 0.6 is 11.8 Å². The van der Waals surface area contributed by atoms with Crippen molar-refractivity contribution in [1.29, 1.82) is 0 Å². The molecule has 0 saturated carbocycles. The minimum Gasteiger partial charge on any atom is -0.377 e. The third-order valence-corrected chi connectivity index (χ3v) is 4.18. The first kappa shape index (κ1) is 16.8. The van der Waals surface area contributed by atoms with Gasteiger partial charge >= 0.3 is 0 Å². The Hall–Kier alpha value is -1.59. The van der Waals surface area contributed by atoms with E-state index in [1.165, 1.54) is 11.1 Å². The lowest BCUT2D eigenvalue weighted by atomic mass is 10.1. The first-order valence-corrected chi connectivity index (χ1v) is 8.54. The van der Waals surface area contributed by atoms with Gasteiger partial charge in [0.05, 0.1) is 12.3 Å². The Morgan fingerprint density at radius 2 is 2.14 bits per heavy atom. The van der Waals surface area contributed by atoms with Gasteiger partial charge in [-0.15, -0.1) is 11.7 Å². The van der Waals surface area contributed by atoms with E-state index in [4.69, 9.17) is 10.5 Å². The van der Waals surface area contributed by atoms with E-state index in [-0.39, 0.29) is 0 Å². The third-order valence-electron chi connectivity index (χ3n) is 3.32. The molecule has 0 unspecified atom stereocenters. The van der Waals surface area contributed by atoms with Crippen LogP contribution in [0.3, 0.4) is 0 Å². The first-order chi connectivity index (χ1) is 10.8. The smallest absolute Gasteiger partial charge is 0.180 e. The summed E-state index contributed by atoms with van der Waals surface area (Å²) in [6, 6.07) is 8.47. The molecule has 0 fully saturated rings. The number of amidine groups is 1. The van der Waals surface area contributed by atoms with Crippen molar-refractivity contribution < 1.29 is 4.74 Å². The molecule has 2 rings (SSSR count). The first-order valence-electron chi connectivity index (χ1n) is 7.56. The van der Waals surface area contributed by atoms with E-state index in [1.807, 2.05) is 6.08 Å². The zero-order chi connectivity index (χ0) is 15.6. The summed E-state index contributed by atoms with van der Waals surface area (Å²) in [5.41, 5.74) is 9.18. The Morgan fingerprint density at radius 3 is 2.91 bits per heavy atom. The molecule has 4 nitrogen and oxygen atoms in total. The van der Waals surface area contributed by atoms with Crippen LogP contribution in [0.5, 0.6) is 0 Å². The minimum absolute atomic E-state index is 0.561. The Balaban J connectivity index is 1.59. The standard InChI is InChI=1S/C17H23N3OS/c1-2-6-14-7-5-8-15(11-14)12-21-10-4-3-9-16-13-22-17(18)20-19-16/h2,5,7-8,11H,1,3-4,6,9-10,12-13H2,(H2,18,20). The van der Waals surface area contributed by atoms with Crippen molar-refractivity contribution in [1.82, 2.24) is 0 Å². The quantitative estimate of drug-likeness (QED) is 0.560. The molecule has 1 heterocycles. The molecular formula is C17H23N3OS. The molecular weight excluding hydrogens is 294 g/mol. The molecule has 0 atom stereocenters. The fraction of sp³-hybridized carbons (Fsp3) is 0.412. The van der Waals surface area contributed by atoms with Crippen LogP contribution in [-0.4, -0.2) is 23.2 Å². The number of hydrogen-bond acceptors (Lipinski definition) is 5. The number of allylic oxidation sites excluding steroid dienone is 1. The molecule has 1 aliphatic rings. The van der Waals surface area contributed by atoms with Crippen LogP contribution in [0.2, 0.25) is 0 Å². The number of hydrogen-bond donors (Lipinski definition) is 1. The predicted molar refractivity (Wildman–Crippen MR) is 95.4 cm³/mol. The monoisotopic (exact) mass is 317 g/mol. The van der Waals surface area contributed by atoms with Gasteiger partial charge in [0, 0.05) is 12.4 Å². The van der Waals surface area contributed by atoms with Crippen LogP contribution in [0.1, 0.15) is 30.4 Å². The summed E-state index contributed by atoms with van der Waals surface area (Å²) < 4.78 is 5.74. The Labute approximate surface area is 136 Å². The summed E-state index contributed by atoms with van der Waals surface area (Å²) in [6.45, 7) is 5.21. The van der Waals surface area contributed by atoms with Gasteiger partial charge in [0.2, 0.25) is 0 Å². The van der Waals surface area contributed by atoms with Gasteiger partial charge < -0.3 is 10.5 Å². The van der Waals surface area contributed by atoms with E-state index >= 15 is 0 Å². The average molecular weight is 317 g/mol. The van der Waals surface area contributed by atoms with Crippen LogP contribution in [0, 0.1) is 0 Å². The van der Waals surface area contributed by atoms with Gasteiger partial charge in [0.1, 0.15) is 0 Å². The molecule has 22 heavy (non-hydrogen) atoms. The Bertz CT molecular complexity index is 555. The molecule has 0 saturated heterocycles. The summed E-state index contributed by atoms with van der Waals surface area (Å²) in [5, 5.41) is 8.57. The maximum Gasteiger partial charge on any atom is 0.180 e. The highest BCUT2D eigenvalue weighted by Gasteiger charge is 2.07. The summed E-state index contributed by atoms with van der Waals surface area (Å²) in [6.07, 6.45) is 5.91. The summed E-state index contributed by atoms with van der Waals surface area (Å²) >= 11 is 1.56. The van der Waals surface area contributed by atoms with Gasteiger partial charge in [-0.1, -0.05) is 42.1 Å². The van der Waals surface area contributed by atoms with Crippen LogP contribution in [-0.2, 0) is 17.8 Å². The van der Waals surface area contributed by atoms with Crippen LogP contribution < -0.4 is 5.73 Å². The average Bonchev–Trinajstić information content (AvgIpc) is 2.53. The zero-order valence-electron chi connectivity index (χ0n) is 12.8. The molecule has 0 spiro atoms. The van der Waals surface area contributed by atoms with E-state index in [0.717, 1.165) is 43.8 Å². The third kappa shape index (κ3) is 6.03. The second-order valence-corrected chi connectivity index (χ2v) is 6.21. The van der Waals surface area contributed by atoms with Gasteiger partial charge in [0.15, 0.2) is 5.17 Å². The number of ether oxygens (including phenoxy) is 1. The number of unbranched alkanes of at least 4 members (excludes halogenated alkanes) is 1. The summed E-state index contributed by atoms with van der Waals surface area (Å²) in [5.74, 6) is 0.867. The van der Waals surface area contributed by atoms with Crippen molar-refractivity contribution >= 4 is 22.6 Å². The molecule has 1 aromatic carbocycles. The van der Waals surface area contributed by atoms with E-state index < -0.39 is 0 Å². The molecule has 0 bridgehead atoms. The van der Waals surface area contributed by atoms with E-state index in [0.29, 0.717) is 11.8 Å². The van der Waals surface area contributed by atoms with Crippen molar-refractivity contribution in [3.05, 3.63) is 48.0 Å². The highest BCUT2D eigenvalue weighted by molar-refractivity contribution is 8.14. The summed E-state index contributed by atoms with van der Waals surface area (Å²) in [7, 11) is 0. The molecule has 5 heteroatoms. The maximum absolute atomic E-state index is 5.74.